The van der Waals surface area contributed by atoms with Crippen LogP contribution in [-0.4, -0.2) is 36.3 Å². The molecule has 1 N–H and O–H groups in total. The van der Waals surface area contributed by atoms with Gasteiger partial charge in [-0.25, -0.2) is 4.79 Å². The Morgan fingerprint density at radius 2 is 2.26 bits per heavy atom. The third-order valence-electron chi connectivity index (χ3n) is 2.05. The first kappa shape index (κ1) is 14.6. The molecule has 0 atom stereocenters. The number of carbonyl (C=O) groups excluding carboxylic acids is 3. The van der Waals surface area contributed by atoms with E-state index in [0.717, 1.165) is 6.08 Å². The molecule has 1 radical (unpaired) electrons. The second-order valence-corrected chi connectivity index (χ2v) is 3.36. The summed E-state index contributed by atoms with van der Waals surface area (Å²) in [5, 5.41) is 2.26. The van der Waals surface area contributed by atoms with Crippen molar-refractivity contribution in [3.8, 4) is 0 Å². The fraction of sp³-hybridized carbons (Fsp3) is 0.231. The lowest BCUT2D eigenvalue weighted by molar-refractivity contribution is -0.136. The van der Waals surface area contributed by atoms with Gasteiger partial charge in [0.2, 0.25) is 12.2 Å². The second kappa shape index (κ2) is 7.75. The Labute approximate surface area is 110 Å². The van der Waals surface area contributed by atoms with Crippen LogP contribution in [-0.2, 0) is 19.1 Å². The molecule has 0 aliphatic heterocycles. The highest BCUT2D eigenvalue weighted by Crippen LogP contribution is 2.13. The number of ether oxygens (including phenoxy) is 1. The van der Waals surface area contributed by atoms with Gasteiger partial charge >= 0.3 is 5.97 Å². The van der Waals surface area contributed by atoms with Crippen LogP contribution in [0.5, 0.6) is 0 Å². The highest BCUT2D eigenvalue weighted by Gasteiger charge is 2.15. The average molecular weight is 261 g/mol. The number of rotatable bonds is 6. The van der Waals surface area contributed by atoms with Gasteiger partial charge in [-0.15, -0.1) is 0 Å². The van der Waals surface area contributed by atoms with Gasteiger partial charge in [-0.05, 0) is 19.1 Å². The predicted molar refractivity (Wildman–Crippen MR) is 67.6 cm³/mol. The van der Waals surface area contributed by atoms with Gasteiger partial charge in [0.05, 0.1) is 24.4 Å². The first-order valence-electron chi connectivity index (χ1n) is 5.62. The van der Waals surface area contributed by atoms with Gasteiger partial charge in [-0.2, -0.15) is 0 Å². The Morgan fingerprint density at radius 3 is 2.84 bits per heavy atom. The zero-order chi connectivity index (χ0) is 14.1. The van der Waals surface area contributed by atoms with Gasteiger partial charge in [0.25, 0.3) is 0 Å². The lowest BCUT2D eigenvalue weighted by Gasteiger charge is -2.06. The van der Waals surface area contributed by atoms with Gasteiger partial charge < -0.3 is 10.1 Å². The van der Waals surface area contributed by atoms with E-state index in [1.807, 2.05) is 0 Å². The van der Waals surface area contributed by atoms with Crippen molar-refractivity contribution in [3.63, 3.8) is 0 Å². The first-order chi connectivity index (χ1) is 9.19. The molecule has 99 valence electrons. The molecule has 0 fully saturated rings. The van der Waals surface area contributed by atoms with Crippen LogP contribution in [0.2, 0.25) is 0 Å². The van der Waals surface area contributed by atoms with E-state index < -0.39 is 11.9 Å². The van der Waals surface area contributed by atoms with Crippen molar-refractivity contribution in [3.05, 3.63) is 36.2 Å². The van der Waals surface area contributed by atoms with Crippen molar-refractivity contribution in [1.82, 2.24) is 10.3 Å². The fourth-order valence-electron chi connectivity index (χ4n) is 1.27. The highest BCUT2D eigenvalue weighted by molar-refractivity contribution is 6.20. The Morgan fingerprint density at radius 1 is 1.47 bits per heavy atom. The molecule has 0 bridgehead atoms. The standard InChI is InChI=1S/C13H13N2O4/c1-2-19-13(18)10(9-12(17)15-7-8-16)11-5-3-4-6-14-11/h3-6,9H,2,7H2,1H3,(H,15,17). The number of hydrogen-bond donors (Lipinski definition) is 1. The van der Waals surface area contributed by atoms with E-state index >= 15 is 0 Å². The van der Waals surface area contributed by atoms with Gasteiger partial charge in [-0.1, -0.05) is 6.07 Å². The molecule has 0 saturated heterocycles. The van der Waals surface area contributed by atoms with Crippen molar-refractivity contribution >= 4 is 23.7 Å². The Hall–Kier alpha value is -2.50. The molecular weight excluding hydrogens is 248 g/mol. The summed E-state index contributed by atoms with van der Waals surface area (Å²) in [6.07, 6.45) is 4.08. The van der Waals surface area contributed by atoms with Gasteiger partial charge in [0, 0.05) is 12.3 Å². The van der Waals surface area contributed by atoms with Crippen molar-refractivity contribution in [1.29, 1.82) is 0 Å². The molecule has 0 saturated carbocycles. The number of nitrogens with one attached hydrogen (secondary N) is 1. The zero-order valence-electron chi connectivity index (χ0n) is 10.4. The number of aromatic nitrogens is 1. The number of hydrogen-bond acceptors (Lipinski definition) is 5. The summed E-state index contributed by atoms with van der Waals surface area (Å²) in [7, 11) is 0. The molecule has 1 amide bonds. The molecule has 1 aromatic heterocycles. The van der Waals surface area contributed by atoms with Crippen molar-refractivity contribution in [2.24, 2.45) is 0 Å². The number of esters is 1. The maximum absolute atomic E-state index is 11.8. The van der Waals surface area contributed by atoms with Crippen LogP contribution in [0.3, 0.4) is 0 Å². The third kappa shape index (κ3) is 4.71. The predicted octanol–water partition coefficient (Wildman–Crippen LogP) is 0.254. The second-order valence-electron chi connectivity index (χ2n) is 3.36. The van der Waals surface area contributed by atoms with E-state index in [1.54, 1.807) is 25.1 Å². The molecule has 0 aromatic carbocycles. The summed E-state index contributed by atoms with van der Waals surface area (Å²) >= 11 is 0. The van der Waals surface area contributed by atoms with Crippen LogP contribution in [0.25, 0.3) is 5.57 Å². The number of nitrogens with zero attached hydrogens (tertiary/aromatic N) is 1. The number of carbonyl (C=O) groups is 2. The quantitative estimate of drug-likeness (QED) is 0.586. The van der Waals surface area contributed by atoms with E-state index in [2.05, 4.69) is 10.3 Å². The summed E-state index contributed by atoms with van der Waals surface area (Å²) in [4.78, 5) is 37.3. The summed E-state index contributed by atoms with van der Waals surface area (Å²) < 4.78 is 4.86. The normalized spacial score (nSPS) is 10.7. The Balaban J connectivity index is 2.99. The largest absolute Gasteiger partial charge is 0.462 e. The Bertz CT molecular complexity index is 483. The monoisotopic (exact) mass is 261 g/mol. The molecule has 6 heteroatoms. The summed E-state index contributed by atoms with van der Waals surface area (Å²) in [5.41, 5.74) is 0.358. The molecule has 1 rings (SSSR count). The molecule has 0 spiro atoms. The van der Waals surface area contributed by atoms with E-state index in [4.69, 9.17) is 4.74 Å². The maximum Gasteiger partial charge on any atom is 0.340 e. The zero-order valence-corrected chi connectivity index (χ0v) is 10.4. The summed E-state index contributed by atoms with van der Waals surface area (Å²) in [5.74, 6) is -1.23. The number of pyridine rings is 1. The molecule has 6 nitrogen and oxygen atoms in total. The minimum Gasteiger partial charge on any atom is -0.462 e. The summed E-state index contributed by atoms with van der Waals surface area (Å²) in [6, 6.07) is 4.96. The van der Waals surface area contributed by atoms with Crippen molar-refractivity contribution in [2.75, 3.05) is 13.2 Å². The van der Waals surface area contributed by atoms with Gasteiger partial charge in [-0.3, -0.25) is 14.6 Å². The summed E-state index contributed by atoms with van der Waals surface area (Å²) in [6.45, 7) is 1.61. The maximum atomic E-state index is 11.8. The van der Waals surface area contributed by atoms with Crippen LogP contribution in [0.1, 0.15) is 12.6 Å². The van der Waals surface area contributed by atoms with Crippen LogP contribution in [0.15, 0.2) is 30.5 Å². The van der Waals surface area contributed by atoms with E-state index in [1.165, 1.54) is 12.5 Å². The Kier molecular flexibility index (Phi) is 5.94. The average Bonchev–Trinajstić information content (AvgIpc) is 2.43. The third-order valence-corrected chi connectivity index (χ3v) is 2.05. The van der Waals surface area contributed by atoms with Crippen LogP contribution in [0.4, 0.5) is 0 Å². The lowest BCUT2D eigenvalue weighted by atomic mass is 10.1. The van der Waals surface area contributed by atoms with Gasteiger partial charge in [0.15, 0.2) is 0 Å². The minimum atomic E-state index is -0.647. The van der Waals surface area contributed by atoms with Crippen molar-refractivity contribution < 1.29 is 19.1 Å². The molecule has 0 aliphatic carbocycles. The molecular formula is C13H13N2O4. The first-order valence-corrected chi connectivity index (χ1v) is 5.62. The fourth-order valence-corrected chi connectivity index (χ4v) is 1.27. The molecule has 0 unspecified atom stereocenters. The highest BCUT2D eigenvalue weighted by atomic mass is 16.5. The van der Waals surface area contributed by atoms with E-state index in [0.29, 0.717) is 5.69 Å². The van der Waals surface area contributed by atoms with E-state index in [-0.39, 0.29) is 18.7 Å². The molecule has 1 aromatic rings. The molecule has 19 heavy (non-hydrogen) atoms. The number of amides is 1. The van der Waals surface area contributed by atoms with Crippen LogP contribution >= 0.6 is 0 Å². The lowest BCUT2D eigenvalue weighted by Crippen LogP contribution is -2.24. The van der Waals surface area contributed by atoms with Crippen molar-refractivity contribution in [2.45, 2.75) is 6.92 Å². The molecule has 1 heterocycles. The van der Waals surface area contributed by atoms with Crippen LogP contribution < -0.4 is 5.32 Å². The molecule has 0 aliphatic rings. The SMILES string of the molecule is CCOC(=O)C(=CC(=O)NC[C]=O)c1ccccn1. The smallest absolute Gasteiger partial charge is 0.340 e. The van der Waals surface area contributed by atoms with Crippen LogP contribution in [0, 0.1) is 0 Å². The van der Waals surface area contributed by atoms with E-state index in [9.17, 15) is 14.4 Å². The topological polar surface area (TPSA) is 85.4 Å². The van der Waals surface area contributed by atoms with Gasteiger partial charge in [0.1, 0.15) is 0 Å². The minimum absolute atomic E-state index is 0.0332.